The summed E-state index contributed by atoms with van der Waals surface area (Å²) in [6, 6.07) is 11.9. The van der Waals surface area contributed by atoms with Gasteiger partial charge in [-0.1, -0.05) is 18.2 Å². The zero-order valence-corrected chi connectivity index (χ0v) is 15.3. The molecule has 2 aromatic carbocycles. The minimum absolute atomic E-state index is 0.0951. The number of para-hydroxylation sites is 1. The second-order valence-corrected chi connectivity index (χ2v) is 5.62. The number of halogens is 2. The molecule has 0 saturated carbocycles. The number of hydrogen-bond acceptors (Lipinski definition) is 5. The van der Waals surface area contributed by atoms with Crippen molar-refractivity contribution in [1.29, 1.82) is 0 Å². The largest absolute Gasteiger partial charge is 0.493 e. The molecule has 0 aliphatic carbocycles. The van der Waals surface area contributed by atoms with E-state index in [1.165, 1.54) is 32.2 Å². The predicted molar refractivity (Wildman–Crippen MR) is 97.8 cm³/mol. The van der Waals surface area contributed by atoms with Gasteiger partial charge in [-0.25, -0.2) is 0 Å². The maximum Gasteiger partial charge on any atom is 0.387 e. The van der Waals surface area contributed by atoms with E-state index in [2.05, 4.69) is 15.4 Å². The number of carbonyl (C=O) groups excluding carboxylic acids is 2. The van der Waals surface area contributed by atoms with Crippen LogP contribution < -0.4 is 24.8 Å². The van der Waals surface area contributed by atoms with Gasteiger partial charge in [0.2, 0.25) is 5.91 Å². The maximum absolute atomic E-state index is 12.5. The molecule has 0 bridgehead atoms. The van der Waals surface area contributed by atoms with E-state index in [9.17, 15) is 18.4 Å². The van der Waals surface area contributed by atoms with E-state index < -0.39 is 24.5 Å². The Morgan fingerprint density at radius 1 is 1.07 bits per heavy atom. The normalized spacial score (nSPS) is 11.5. The van der Waals surface area contributed by atoms with Crippen molar-refractivity contribution in [2.45, 2.75) is 19.6 Å². The van der Waals surface area contributed by atoms with Crippen LogP contribution in [-0.4, -0.2) is 38.2 Å². The van der Waals surface area contributed by atoms with Crippen LogP contribution in [-0.2, 0) is 9.59 Å². The summed E-state index contributed by atoms with van der Waals surface area (Å²) in [6.07, 6.45) is 0. The third kappa shape index (κ3) is 6.42. The molecule has 2 amide bonds. The lowest BCUT2D eigenvalue weighted by molar-refractivity contribution is -0.127. The molecule has 2 N–H and O–H groups in total. The molecule has 0 aliphatic rings. The number of hydrogen-bond donors (Lipinski definition) is 2. The third-order valence-corrected chi connectivity index (χ3v) is 3.53. The average Bonchev–Trinajstić information content (AvgIpc) is 2.67. The Bertz CT molecular complexity index is 802. The molecule has 2 aromatic rings. The number of ether oxygens (including phenoxy) is 3. The van der Waals surface area contributed by atoms with Crippen molar-refractivity contribution in [3.05, 3.63) is 48.5 Å². The van der Waals surface area contributed by atoms with E-state index in [1.54, 1.807) is 24.3 Å². The molecule has 0 fully saturated rings. The highest BCUT2D eigenvalue weighted by Crippen LogP contribution is 2.31. The summed E-state index contributed by atoms with van der Waals surface area (Å²) in [5, 5.41) is 5.00. The SMILES string of the molecule is COc1ccc(NC(=O)[C@H](C)NC(=O)COc2ccccc2)cc1OC(F)F. The number of nitrogens with one attached hydrogen (secondary N) is 2. The second kappa shape index (κ2) is 10.1. The lowest BCUT2D eigenvalue weighted by Crippen LogP contribution is -2.43. The fraction of sp³-hybridized carbons (Fsp3) is 0.263. The number of amides is 2. The van der Waals surface area contributed by atoms with Crippen molar-refractivity contribution >= 4 is 17.5 Å². The van der Waals surface area contributed by atoms with E-state index in [0.717, 1.165) is 0 Å². The molecule has 0 unspecified atom stereocenters. The van der Waals surface area contributed by atoms with Crippen LogP contribution in [0.25, 0.3) is 0 Å². The minimum Gasteiger partial charge on any atom is -0.493 e. The Morgan fingerprint density at radius 2 is 1.79 bits per heavy atom. The van der Waals surface area contributed by atoms with E-state index in [1.807, 2.05) is 6.07 Å². The van der Waals surface area contributed by atoms with Gasteiger partial charge >= 0.3 is 6.61 Å². The van der Waals surface area contributed by atoms with Gasteiger partial charge in [0.25, 0.3) is 5.91 Å². The summed E-state index contributed by atoms with van der Waals surface area (Å²) >= 11 is 0. The molecule has 28 heavy (non-hydrogen) atoms. The first kappa shape index (κ1) is 20.9. The molecule has 0 heterocycles. The van der Waals surface area contributed by atoms with Gasteiger partial charge in [0.15, 0.2) is 18.1 Å². The van der Waals surface area contributed by atoms with Crippen LogP contribution in [0, 0.1) is 0 Å². The summed E-state index contributed by atoms with van der Waals surface area (Å²) in [4.78, 5) is 24.1. The Balaban J connectivity index is 1.90. The van der Waals surface area contributed by atoms with E-state index >= 15 is 0 Å². The Morgan fingerprint density at radius 3 is 2.43 bits per heavy atom. The van der Waals surface area contributed by atoms with Crippen LogP contribution in [0.4, 0.5) is 14.5 Å². The van der Waals surface area contributed by atoms with Crippen molar-refractivity contribution in [2.75, 3.05) is 19.0 Å². The lowest BCUT2D eigenvalue weighted by atomic mass is 10.2. The summed E-state index contributed by atoms with van der Waals surface area (Å²) in [7, 11) is 1.31. The first-order valence-electron chi connectivity index (χ1n) is 8.30. The second-order valence-electron chi connectivity index (χ2n) is 5.62. The average molecular weight is 394 g/mol. The first-order chi connectivity index (χ1) is 13.4. The Hall–Kier alpha value is -3.36. The van der Waals surface area contributed by atoms with Crippen LogP contribution in [0.3, 0.4) is 0 Å². The molecule has 9 heteroatoms. The summed E-state index contributed by atoms with van der Waals surface area (Å²) in [5.74, 6) is -0.621. The molecule has 0 aromatic heterocycles. The molecule has 0 radical (unpaired) electrons. The van der Waals surface area contributed by atoms with Gasteiger partial charge in [0.1, 0.15) is 11.8 Å². The summed E-state index contributed by atoms with van der Waals surface area (Å²) < 4.78 is 39.5. The fourth-order valence-electron chi connectivity index (χ4n) is 2.21. The predicted octanol–water partition coefficient (Wildman–Crippen LogP) is 2.82. The van der Waals surface area contributed by atoms with Crippen LogP contribution in [0.1, 0.15) is 6.92 Å². The van der Waals surface area contributed by atoms with Crippen molar-refractivity contribution in [2.24, 2.45) is 0 Å². The van der Waals surface area contributed by atoms with Crippen LogP contribution >= 0.6 is 0 Å². The number of benzene rings is 2. The summed E-state index contributed by atoms with van der Waals surface area (Å²) in [6.45, 7) is -1.81. The number of methoxy groups -OCH3 is 1. The zero-order valence-electron chi connectivity index (χ0n) is 15.3. The Kier molecular flexibility index (Phi) is 7.55. The van der Waals surface area contributed by atoms with Gasteiger partial charge in [-0.3, -0.25) is 9.59 Å². The smallest absolute Gasteiger partial charge is 0.387 e. The van der Waals surface area contributed by atoms with Crippen LogP contribution in [0.5, 0.6) is 17.2 Å². The van der Waals surface area contributed by atoms with E-state index in [4.69, 9.17) is 9.47 Å². The molecule has 0 aliphatic heterocycles. The standard InChI is InChI=1S/C19H20F2N2O5/c1-12(22-17(24)11-27-14-6-4-3-5-7-14)18(25)23-13-8-9-15(26-2)16(10-13)28-19(20)21/h3-10,12,19H,11H2,1-2H3,(H,22,24)(H,23,25)/t12-/m0/s1. The van der Waals surface area contributed by atoms with Crippen LogP contribution in [0.15, 0.2) is 48.5 Å². The number of alkyl halides is 2. The van der Waals surface area contributed by atoms with Crippen LogP contribution in [0.2, 0.25) is 0 Å². The molecular weight excluding hydrogens is 374 g/mol. The molecule has 150 valence electrons. The molecule has 0 spiro atoms. The Labute approximate surface area is 160 Å². The van der Waals surface area contributed by atoms with Crippen molar-refractivity contribution in [3.63, 3.8) is 0 Å². The number of carbonyl (C=O) groups is 2. The van der Waals surface area contributed by atoms with Gasteiger partial charge < -0.3 is 24.8 Å². The highest BCUT2D eigenvalue weighted by atomic mass is 19.3. The van der Waals surface area contributed by atoms with Crippen molar-refractivity contribution in [3.8, 4) is 17.2 Å². The molecule has 7 nitrogen and oxygen atoms in total. The van der Waals surface area contributed by atoms with E-state index in [-0.39, 0.29) is 23.8 Å². The number of rotatable bonds is 9. The topological polar surface area (TPSA) is 85.9 Å². The fourth-order valence-corrected chi connectivity index (χ4v) is 2.21. The highest BCUT2D eigenvalue weighted by molar-refractivity contribution is 5.97. The first-order valence-corrected chi connectivity index (χ1v) is 8.30. The highest BCUT2D eigenvalue weighted by Gasteiger charge is 2.18. The molecule has 0 saturated heterocycles. The van der Waals surface area contributed by atoms with Gasteiger partial charge in [-0.15, -0.1) is 0 Å². The monoisotopic (exact) mass is 394 g/mol. The van der Waals surface area contributed by atoms with Gasteiger partial charge in [-0.2, -0.15) is 8.78 Å². The van der Waals surface area contributed by atoms with Gasteiger partial charge in [-0.05, 0) is 31.2 Å². The molecule has 1 atom stereocenters. The summed E-state index contributed by atoms with van der Waals surface area (Å²) in [5.41, 5.74) is 0.211. The van der Waals surface area contributed by atoms with Crippen molar-refractivity contribution in [1.82, 2.24) is 5.32 Å². The van der Waals surface area contributed by atoms with Gasteiger partial charge in [0.05, 0.1) is 7.11 Å². The third-order valence-electron chi connectivity index (χ3n) is 3.53. The number of anilines is 1. The zero-order chi connectivity index (χ0) is 20.5. The molecular formula is C19H20F2N2O5. The van der Waals surface area contributed by atoms with E-state index in [0.29, 0.717) is 5.75 Å². The minimum atomic E-state index is -3.04. The lowest BCUT2D eigenvalue weighted by Gasteiger charge is -2.16. The maximum atomic E-state index is 12.5. The van der Waals surface area contributed by atoms with Crippen molar-refractivity contribution < 1.29 is 32.6 Å². The quantitative estimate of drug-likeness (QED) is 0.683. The van der Waals surface area contributed by atoms with Gasteiger partial charge in [0, 0.05) is 11.8 Å². The molecule has 2 rings (SSSR count).